The van der Waals surface area contributed by atoms with Gasteiger partial charge in [0.05, 0.1) is 6.04 Å². The molecule has 0 aromatic heterocycles. The highest BCUT2D eigenvalue weighted by Gasteiger charge is 2.14. The van der Waals surface area contributed by atoms with Crippen molar-refractivity contribution in [2.75, 3.05) is 33.4 Å². The number of carbonyl (C=O) groups excluding carboxylic acids is 1. The van der Waals surface area contributed by atoms with E-state index >= 15 is 0 Å². The molecular weight excluding hydrogens is 192 g/mol. The summed E-state index contributed by atoms with van der Waals surface area (Å²) in [6, 6.07) is -0.100. The largest absolute Gasteiger partial charge is 0.382 e. The maximum absolute atomic E-state index is 11.6. The molecule has 4 nitrogen and oxygen atoms in total. The van der Waals surface area contributed by atoms with Crippen molar-refractivity contribution >= 4 is 5.91 Å². The van der Waals surface area contributed by atoms with E-state index in [0.29, 0.717) is 0 Å². The van der Waals surface area contributed by atoms with Crippen LogP contribution in [0.3, 0.4) is 0 Å². The summed E-state index contributed by atoms with van der Waals surface area (Å²) in [5.41, 5.74) is 0. The average Bonchev–Trinajstić information content (AvgIpc) is 2.26. The van der Waals surface area contributed by atoms with Crippen molar-refractivity contribution in [1.29, 1.82) is 0 Å². The molecule has 0 aliphatic rings. The molecule has 1 atom stereocenters. The van der Waals surface area contributed by atoms with Gasteiger partial charge in [0.2, 0.25) is 5.91 Å². The molecule has 0 fully saturated rings. The zero-order chi connectivity index (χ0) is 11.7. The van der Waals surface area contributed by atoms with E-state index in [1.54, 1.807) is 4.90 Å². The van der Waals surface area contributed by atoms with Crippen LogP contribution in [-0.4, -0.2) is 50.2 Å². The van der Waals surface area contributed by atoms with Gasteiger partial charge in [0.15, 0.2) is 0 Å². The Kier molecular flexibility index (Phi) is 8.33. The second kappa shape index (κ2) is 8.68. The second-order valence-electron chi connectivity index (χ2n) is 3.58. The van der Waals surface area contributed by atoms with E-state index in [1.807, 2.05) is 27.8 Å². The molecule has 0 saturated heterocycles. The third kappa shape index (κ3) is 6.47. The minimum Gasteiger partial charge on any atom is -0.382 e. The summed E-state index contributed by atoms with van der Waals surface area (Å²) >= 11 is 0. The number of hydrogen-bond donors (Lipinski definition) is 1. The lowest BCUT2D eigenvalue weighted by Crippen LogP contribution is -2.43. The number of nitrogens with zero attached hydrogens (tertiary/aromatic N) is 1. The Morgan fingerprint density at radius 2 is 2.13 bits per heavy atom. The topological polar surface area (TPSA) is 41.6 Å². The fourth-order valence-electron chi connectivity index (χ4n) is 1.21. The third-order valence-electron chi connectivity index (χ3n) is 2.34. The smallest absolute Gasteiger partial charge is 0.239 e. The SMILES string of the molecule is CCOCCCNC(C)C(=O)N(C)CC. The van der Waals surface area contributed by atoms with Gasteiger partial charge in [-0.15, -0.1) is 0 Å². The maximum atomic E-state index is 11.6. The third-order valence-corrected chi connectivity index (χ3v) is 2.34. The molecule has 0 aliphatic heterocycles. The first kappa shape index (κ1) is 14.4. The molecule has 0 radical (unpaired) electrons. The minimum absolute atomic E-state index is 0.100. The monoisotopic (exact) mass is 216 g/mol. The van der Waals surface area contributed by atoms with E-state index in [9.17, 15) is 4.79 Å². The zero-order valence-corrected chi connectivity index (χ0v) is 10.4. The summed E-state index contributed by atoms with van der Waals surface area (Å²) in [5, 5.41) is 3.19. The zero-order valence-electron chi connectivity index (χ0n) is 10.4. The molecule has 1 amide bonds. The highest BCUT2D eigenvalue weighted by molar-refractivity contribution is 5.81. The molecule has 0 heterocycles. The van der Waals surface area contributed by atoms with Crippen LogP contribution in [0.1, 0.15) is 27.2 Å². The van der Waals surface area contributed by atoms with Crippen molar-refractivity contribution in [2.45, 2.75) is 33.2 Å². The van der Waals surface area contributed by atoms with Crippen molar-refractivity contribution in [3.8, 4) is 0 Å². The van der Waals surface area contributed by atoms with Crippen LogP contribution in [0.4, 0.5) is 0 Å². The van der Waals surface area contributed by atoms with Gasteiger partial charge < -0.3 is 15.0 Å². The van der Waals surface area contributed by atoms with Crippen LogP contribution in [0.5, 0.6) is 0 Å². The summed E-state index contributed by atoms with van der Waals surface area (Å²) < 4.78 is 5.21. The van der Waals surface area contributed by atoms with Gasteiger partial charge in [-0.1, -0.05) is 0 Å². The number of nitrogens with one attached hydrogen (secondary N) is 1. The van der Waals surface area contributed by atoms with Crippen molar-refractivity contribution in [1.82, 2.24) is 10.2 Å². The highest BCUT2D eigenvalue weighted by Crippen LogP contribution is 1.91. The number of ether oxygens (including phenoxy) is 1. The van der Waals surface area contributed by atoms with Crippen LogP contribution >= 0.6 is 0 Å². The second-order valence-corrected chi connectivity index (χ2v) is 3.58. The predicted octanol–water partition coefficient (Wildman–Crippen LogP) is 0.869. The van der Waals surface area contributed by atoms with Gasteiger partial charge in [-0.2, -0.15) is 0 Å². The summed E-state index contributed by atoms with van der Waals surface area (Å²) in [5.74, 6) is 0.147. The molecule has 15 heavy (non-hydrogen) atoms. The van der Waals surface area contributed by atoms with Gasteiger partial charge in [0, 0.05) is 26.8 Å². The van der Waals surface area contributed by atoms with Gasteiger partial charge in [-0.05, 0) is 33.7 Å². The van der Waals surface area contributed by atoms with Crippen LogP contribution in [0.2, 0.25) is 0 Å². The van der Waals surface area contributed by atoms with Crippen molar-refractivity contribution in [3.05, 3.63) is 0 Å². The molecule has 0 aliphatic carbocycles. The van der Waals surface area contributed by atoms with Gasteiger partial charge >= 0.3 is 0 Å². The molecule has 0 saturated carbocycles. The fourth-order valence-corrected chi connectivity index (χ4v) is 1.21. The number of rotatable bonds is 8. The molecule has 0 rings (SSSR count). The number of carbonyl (C=O) groups is 1. The van der Waals surface area contributed by atoms with Gasteiger partial charge in [0.1, 0.15) is 0 Å². The number of amides is 1. The Morgan fingerprint density at radius 3 is 2.67 bits per heavy atom. The van der Waals surface area contributed by atoms with Gasteiger partial charge in [-0.3, -0.25) is 4.79 Å². The minimum atomic E-state index is -0.100. The van der Waals surface area contributed by atoms with E-state index < -0.39 is 0 Å². The van der Waals surface area contributed by atoms with Crippen LogP contribution in [0, 0.1) is 0 Å². The Balaban J connectivity index is 3.55. The first-order valence-electron chi connectivity index (χ1n) is 5.69. The molecule has 1 N–H and O–H groups in total. The molecule has 0 spiro atoms. The van der Waals surface area contributed by atoms with Crippen molar-refractivity contribution in [2.24, 2.45) is 0 Å². The van der Waals surface area contributed by atoms with Gasteiger partial charge in [-0.25, -0.2) is 0 Å². The molecule has 0 aromatic rings. The predicted molar refractivity (Wildman–Crippen MR) is 61.9 cm³/mol. The standard InChI is InChI=1S/C11H24N2O2/c1-5-13(4)11(14)10(3)12-8-7-9-15-6-2/h10,12H,5-9H2,1-4H3. The molecular formula is C11H24N2O2. The van der Waals surface area contributed by atoms with Crippen molar-refractivity contribution < 1.29 is 9.53 Å². The first-order valence-corrected chi connectivity index (χ1v) is 5.69. The Morgan fingerprint density at radius 1 is 1.47 bits per heavy atom. The Bertz CT molecular complexity index is 174. The van der Waals surface area contributed by atoms with E-state index in [-0.39, 0.29) is 11.9 Å². The maximum Gasteiger partial charge on any atom is 0.239 e. The number of likely N-dealkylation sites (N-methyl/N-ethyl adjacent to an activating group) is 1. The fraction of sp³-hybridized carbons (Fsp3) is 0.909. The Hall–Kier alpha value is -0.610. The van der Waals surface area contributed by atoms with E-state index in [4.69, 9.17) is 4.74 Å². The van der Waals surface area contributed by atoms with Crippen LogP contribution in [0.25, 0.3) is 0 Å². The molecule has 1 unspecified atom stereocenters. The lowest BCUT2D eigenvalue weighted by Gasteiger charge is -2.20. The summed E-state index contributed by atoms with van der Waals surface area (Å²) in [7, 11) is 1.82. The summed E-state index contributed by atoms with van der Waals surface area (Å²) in [4.78, 5) is 13.3. The highest BCUT2D eigenvalue weighted by atomic mass is 16.5. The van der Waals surface area contributed by atoms with Crippen LogP contribution < -0.4 is 5.32 Å². The average molecular weight is 216 g/mol. The molecule has 0 bridgehead atoms. The Labute approximate surface area is 93.0 Å². The normalized spacial score (nSPS) is 12.5. The lowest BCUT2D eigenvalue weighted by atomic mass is 10.3. The number of hydrogen-bond acceptors (Lipinski definition) is 3. The summed E-state index contributed by atoms with van der Waals surface area (Å²) in [6.07, 6.45) is 0.946. The van der Waals surface area contributed by atoms with Gasteiger partial charge in [0.25, 0.3) is 0 Å². The van der Waals surface area contributed by atoms with E-state index in [0.717, 1.165) is 32.7 Å². The first-order chi connectivity index (χ1) is 7.13. The van der Waals surface area contributed by atoms with Crippen LogP contribution in [0.15, 0.2) is 0 Å². The van der Waals surface area contributed by atoms with E-state index in [1.165, 1.54) is 0 Å². The lowest BCUT2D eigenvalue weighted by molar-refractivity contribution is -0.131. The molecule has 0 aromatic carbocycles. The quantitative estimate of drug-likeness (QED) is 0.612. The van der Waals surface area contributed by atoms with Crippen LogP contribution in [-0.2, 0) is 9.53 Å². The summed E-state index contributed by atoms with van der Waals surface area (Å²) in [6.45, 7) is 8.94. The van der Waals surface area contributed by atoms with Crippen molar-refractivity contribution in [3.63, 3.8) is 0 Å². The molecule has 90 valence electrons. The molecule has 4 heteroatoms. The van der Waals surface area contributed by atoms with E-state index in [2.05, 4.69) is 5.32 Å².